The Morgan fingerprint density at radius 3 is 2.89 bits per heavy atom. The van der Waals surface area contributed by atoms with Crippen LogP contribution in [0.5, 0.6) is 0 Å². The molecule has 18 heavy (non-hydrogen) atoms. The molecule has 0 amide bonds. The van der Waals surface area contributed by atoms with Crippen molar-refractivity contribution in [1.82, 2.24) is 5.32 Å². The van der Waals surface area contributed by atoms with Gasteiger partial charge in [0.2, 0.25) is 0 Å². The highest BCUT2D eigenvalue weighted by Gasteiger charge is 2.31. The van der Waals surface area contributed by atoms with Gasteiger partial charge in [-0.15, -0.1) is 11.3 Å². The second kappa shape index (κ2) is 6.31. The van der Waals surface area contributed by atoms with E-state index in [9.17, 15) is 4.79 Å². The van der Waals surface area contributed by atoms with Crippen LogP contribution in [0.3, 0.4) is 0 Å². The molecule has 1 fully saturated rings. The maximum atomic E-state index is 11.4. The van der Waals surface area contributed by atoms with Gasteiger partial charge >= 0.3 is 5.97 Å². The van der Waals surface area contributed by atoms with Crippen LogP contribution >= 0.6 is 11.3 Å². The lowest BCUT2D eigenvalue weighted by atomic mass is 9.88. The molecule has 1 aromatic heterocycles. The van der Waals surface area contributed by atoms with E-state index in [4.69, 9.17) is 9.47 Å². The molecule has 0 radical (unpaired) electrons. The molecule has 0 spiro atoms. The highest BCUT2D eigenvalue weighted by atomic mass is 32.1. The fourth-order valence-electron chi connectivity index (χ4n) is 2.16. The molecule has 1 unspecified atom stereocenters. The van der Waals surface area contributed by atoms with Crippen LogP contribution in [0.15, 0.2) is 17.5 Å². The molecule has 1 atom stereocenters. The normalized spacial score (nSPS) is 24.3. The lowest BCUT2D eigenvalue weighted by molar-refractivity contribution is -0.141. The minimum Gasteiger partial charge on any atom is -0.469 e. The Morgan fingerprint density at radius 1 is 1.56 bits per heavy atom. The molecule has 100 valence electrons. The molecule has 1 heterocycles. The van der Waals surface area contributed by atoms with Gasteiger partial charge in [0.05, 0.1) is 25.7 Å². The van der Waals surface area contributed by atoms with E-state index in [1.54, 1.807) is 18.4 Å². The van der Waals surface area contributed by atoms with Crippen molar-refractivity contribution in [2.45, 2.75) is 37.5 Å². The van der Waals surface area contributed by atoms with Crippen molar-refractivity contribution in [2.24, 2.45) is 0 Å². The topological polar surface area (TPSA) is 47.6 Å². The molecule has 1 saturated carbocycles. The van der Waals surface area contributed by atoms with E-state index in [1.807, 2.05) is 11.4 Å². The van der Waals surface area contributed by atoms with E-state index in [0.717, 1.165) is 12.8 Å². The SMILES string of the molecule is COC(=O)CC(NC1CC(OC)C1)c1cccs1. The van der Waals surface area contributed by atoms with E-state index >= 15 is 0 Å². The number of carbonyl (C=O) groups is 1. The number of hydrogen-bond acceptors (Lipinski definition) is 5. The largest absolute Gasteiger partial charge is 0.469 e. The summed E-state index contributed by atoms with van der Waals surface area (Å²) in [6.07, 6.45) is 2.77. The number of ether oxygens (including phenoxy) is 2. The van der Waals surface area contributed by atoms with Gasteiger partial charge in [-0.1, -0.05) is 6.07 Å². The van der Waals surface area contributed by atoms with Gasteiger partial charge in [0.25, 0.3) is 0 Å². The maximum Gasteiger partial charge on any atom is 0.307 e. The van der Waals surface area contributed by atoms with Gasteiger partial charge in [-0.2, -0.15) is 0 Å². The number of esters is 1. The third-order valence-electron chi connectivity index (χ3n) is 3.35. The summed E-state index contributed by atoms with van der Waals surface area (Å²) in [5, 5.41) is 5.54. The fraction of sp³-hybridized carbons (Fsp3) is 0.615. The Labute approximate surface area is 111 Å². The van der Waals surface area contributed by atoms with E-state index in [2.05, 4.69) is 11.4 Å². The Balaban J connectivity index is 1.91. The second-order valence-electron chi connectivity index (χ2n) is 4.54. The van der Waals surface area contributed by atoms with Gasteiger partial charge in [-0.3, -0.25) is 4.79 Å². The monoisotopic (exact) mass is 269 g/mol. The summed E-state index contributed by atoms with van der Waals surface area (Å²) in [7, 11) is 3.17. The Morgan fingerprint density at radius 2 is 2.33 bits per heavy atom. The van der Waals surface area contributed by atoms with Crippen molar-refractivity contribution in [3.05, 3.63) is 22.4 Å². The van der Waals surface area contributed by atoms with Crippen molar-refractivity contribution in [2.75, 3.05) is 14.2 Å². The maximum absolute atomic E-state index is 11.4. The number of hydrogen-bond donors (Lipinski definition) is 1. The Hall–Kier alpha value is -0.910. The summed E-state index contributed by atoms with van der Waals surface area (Å²) in [5.41, 5.74) is 0. The van der Waals surface area contributed by atoms with Crippen LogP contribution in [0.1, 0.15) is 30.2 Å². The number of thiophene rings is 1. The first kappa shape index (κ1) is 13.5. The van der Waals surface area contributed by atoms with Gasteiger partial charge < -0.3 is 14.8 Å². The van der Waals surface area contributed by atoms with E-state index in [0.29, 0.717) is 18.6 Å². The number of nitrogens with one attached hydrogen (secondary N) is 1. The first-order valence-electron chi connectivity index (χ1n) is 6.12. The summed E-state index contributed by atoms with van der Waals surface area (Å²) in [6, 6.07) is 4.55. The second-order valence-corrected chi connectivity index (χ2v) is 5.52. The summed E-state index contributed by atoms with van der Waals surface area (Å²) < 4.78 is 10.0. The van der Waals surface area contributed by atoms with Crippen LogP contribution in [0, 0.1) is 0 Å². The van der Waals surface area contributed by atoms with E-state index in [-0.39, 0.29) is 12.0 Å². The van der Waals surface area contributed by atoms with Gasteiger partial charge in [0, 0.05) is 18.0 Å². The summed E-state index contributed by atoms with van der Waals surface area (Å²) >= 11 is 1.67. The van der Waals surface area contributed by atoms with Gasteiger partial charge in [0.15, 0.2) is 0 Å². The fourth-order valence-corrected chi connectivity index (χ4v) is 2.95. The van der Waals surface area contributed by atoms with Crippen LogP contribution in [-0.4, -0.2) is 32.3 Å². The summed E-state index contributed by atoms with van der Waals surface area (Å²) in [5.74, 6) is -0.177. The van der Waals surface area contributed by atoms with Crippen molar-refractivity contribution in [3.8, 4) is 0 Å². The molecule has 0 bridgehead atoms. The molecule has 1 N–H and O–H groups in total. The predicted molar refractivity (Wildman–Crippen MR) is 70.6 cm³/mol. The molecule has 1 aliphatic rings. The van der Waals surface area contributed by atoms with Gasteiger partial charge in [-0.25, -0.2) is 0 Å². The van der Waals surface area contributed by atoms with E-state index in [1.165, 1.54) is 12.0 Å². The van der Waals surface area contributed by atoms with Gasteiger partial charge in [0.1, 0.15) is 0 Å². The molecule has 4 nitrogen and oxygen atoms in total. The molecule has 0 saturated heterocycles. The zero-order valence-electron chi connectivity index (χ0n) is 10.7. The average molecular weight is 269 g/mol. The molecule has 0 aliphatic heterocycles. The molecular formula is C13H19NO3S. The van der Waals surface area contributed by atoms with Crippen LogP contribution < -0.4 is 5.32 Å². The quantitative estimate of drug-likeness (QED) is 0.804. The minimum atomic E-state index is -0.177. The molecule has 1 aromatic rings. The van der Waals surface area contributed by atoms with Crippen molar-refractivity contribution < 1.29 is 14.3 Å². The minimum absolute atomic E-state index is 0.0558. The van der Waals surface area contributed by atoms with Crippen LogP contribution in [-0.2, 0) is 14.3 Å². The third-order valence-corrected chi connectivity index (χ3v) is 4.34. The van der Waals surface area contributed by atoms with Crippen molar-refractivity contribution in [3.63, 3.8) is 0 Å². The molecule has 2 rings (SSSR count). The molecule has 0 aromatic carbocycles. The zero-order chi connectivity index (χ0) is 13.0. The third kappa shape index (κ3) is 3.31. The standard InChI is InChI=1S/C13H19NO3S/c1-16-10-6-9(7-10)14-11(8-13(15)17-2)12-4-3-5-18-12/h3-5,9-11,14H,6-8H2,1-2H3. The smallest absolute Gasteiger partial charge is 0.307 e. The Bertz CT molecular complexity index is 374. The van der Waals surface area contributed by atoms with Crippen LogP contribution in [0.25, 0.3) is 0 Å². The highest BCUT2D eigenvalue weighted by Crippen LogP contribution is 2.29. The summed E-state index contributed by atoms with van der Waals surface area (Å²) in [6.45, 7) is 0. The number of methoxy groups -OCH3 is 2. The van der Waals surface area contributed by atoms with E-state index < -0.39 is 0 Å². The zero-order valence-corrected chi connectivity index (χ0v) is 11.5. The first-order valence-corrected chi connectivity index (χ1v) is 7.00. The summed E-state index contributed by atoms with van der Waals surface area (Å²) in [4.78, 5) is 12.6. The number of rotatable bonds is 6. The molecular weight excluding hydrogens is 250 g/mol. The van der Waals surface area contributed by atoms with Crippen molar-refractivity contribution in [1.29, 1.82) is 0 Å². The van der Waals surface area contributed by atoms with Crippen LogP contribution in [0.4, 0.5) is 0 Å². The molecule has 1 aliphatic carbocycles. The van der Waals surface area contributed by atoms with Crippen LogP contribution in [0.2, 0.25) is 0 Å². The van der Waals surface area contributed by atoms with Gasteiger partial charge in [-0.05, 0) is 24.3 Å². The average Bonchev–Trinajstić information content (AvgIpc) is 2.84. The predicted octanol–water partition coefficient (Wildman–Crippen LogP) is 2.12. The lowest BCUT2D eigenvalue weighted by Crippen LogP contribution is -2.46. The lowest BCUT2D eigenvalue weighted by Gasteiger charge is -2.37. The number of carbonyl (C=O) groups excluding carboxylic acids is 1. The molecule has 5 heteroatoms. The highest BCUT2D eigenvalue weighted by molar-refractivity contribution is 7.10. The van der Waals surface area contributed by atoms with Crippen molar-refractivity contribution >= 4 is 17.3 Å². The Kier molecular flexibility index (Phi) is 4.74. The first-order chi connectivity index (χ1) is 8.72.